The van der Waals surface area contributed by atoms with Crippen molar-refractivity contribution in [3.05, 3.63) is 122 Å². The second kappa shape index (κ2) is 70.3. The predicted octanol–water partition coefficient (Wildman–Crippen LogP) is 24.3. The quantitative estimate of drug-likeness (QED) is 0.0261. The number of unbranched alkanes of at least 4 members (excludes halogenated alkanes) is 32. The van der Waals surface area contributed by atoms with Crippen LogP contribution in [0, 0.1) is 0 Å². The van der Waals surface area contributed by atoms with Crippen molar-refractivity contribution in [2.75, 3.05) is 13.2 Å². The molecule has 6 nitrogen and oxygen atoms in total. The summed E-state index contributed by atoms with van der Waals surface area (Å²) >= 11 is 0. The predicted molar refractivity (Wildman–Crippen MR) is 362 cm³/mol. The summed E-state index contributed by atoms with van der Waals surface area (Å²) < 4.78 is 17.0. The van der Waals surface area contributed by atoms with Crippen LogP contribution in [0.5, 0.6) is 0 Å². The molecule has 0 radical (unpaired) electrons. The van der Waals surface area contributed by atoms with Crippen molar-refractivity contribution in [3.8, 4) is 0 Å². The van der Waals surface area contributed by atoms with Gasteiger partial charge < -0.3 is 14.2 Å². The normalized spacial score (nSPS) is 12.9. The van der Waals surface area contributed by atoms with Crippen molar-refractivity contribution in [1.29, 1.82) is 0 Å². The molecule has 1 atom stereocenters. The van der Waals surface area contributed by atoms with Crippen LogP contribution in [-0.2, 0) is 28.6 Å². The van der Waals surface area contributed by atoms with Gasteiger partial charge in [0, 0.05) is 19.3 Å². The molecule has 0 aliphatic heterocycles. The Morgan fingerprint density at radius 3 is 0.735 bits per heavy atom. The lowest BCUT2D eigenvalue weighted by Crippen LogP contribution is -2.30. The number of rotatable bonds is 63. The van der Waals surface area contributed by atoms with E-state index in [0.717, 1.165) is 135 Å². The molecular formula is C77H130O6. The first-order chi connectivity index (χ1) is 41.0. The Balaban J connectivity index is 4.44. The van der Waals surface area contributed by atoms with Crippen molar-refractivity contribution >= 4 is 17.9 Å². The van der Waals surface area contributed by atoms with E-state index < -0.39 is 6.10 Å². The highest BCUT2D eigenvalue weighted by atomic mass is 16.6. The number of esters is 3. The Hall–Kier alpha value is -4.19. The molecule has 0 N–H and O–H groups in total. The van der Waals surface area contributed by atoms with Gasteiger partial charge >= 0.3 is 17.9 Å². The highest BCUT2D eigenvalue weighted by Gasteiger charge is 2.19. The van der Waals surface area contributed by atoms with Gasteiger partial charge in [-0.1, -0.05) is 322 Å². The van der Waals surface area contributed by atoms with Gasteiger partial charge in [-0.3, -0.25) is 14.4 Å². The highest BCUT2D eigenvalue weighted by molar-refractivity contribution is 5.71. The molecule has 0 aliphatic carbocycles. The Labute approximate surface area is 513 Å². The lowest BCUT2D eigenvalue weighted by molar-refractivity contribution is -0.167. The van der Waals surface area contributed by atoms with Crippen LogP contribution in [0.1, 0.15) is 329 Å². The van der Waals surface area contributed by atoms with E-state index in [1.807, 2.05) is 0 Å². The second-order valence-electron chi connectivity index (χ2n) is 23.0. The topological polar surface area (TPSA) is 78.9 Å². The van der Waals surface area contributed by atoms with Crippen LogP contribution < -0.4 is 0 Å². The van der Waals surface area contributed by atoms with Gasteiger partial charge in [-0.2, -0.15) is 0 Å². The lowest BCUT2D eigenvalue weighted by atomic mass is 10.0. The molecule has 0 saturated carbocycles. The lowest BCUT2D eigenvalue weighted by Gasteiger charge is -2.18. The standard InChI is InChI=1S/C77H130O6/c1-4-7-10-13-16-19-22-25-28-31-34-36-38-40-43-46-49-52-55-58-61-64-67-70-76(79)82-73-74(72-81-75(78)69-66-63-60-57-54-51-48-45-42-33-30-27-24-21-18-15-12-9-6-3)83-77(80)71-68-65-62-59-56-53-50-47-44-41-39-37-35-32-29-26-23-20-17-14-11-8-5-2/h7-8,10-11,16-17,19-20,25-26,28-29,34-37,40,43,49,52,74H,4-6,9,12-15,18,21-24,27,30-33,38-39,41-42,44-48,50-51,53-73H2,1-3H3/b10-7-,11-8-,19-16-,20-17-,28-25-,29-26-,36-34-,37-35-,43-40-,52-49-. The summed E-state index contributed by atoms with van der Waals surface area (Å²) in [5.74, 6) is -0.904. The number of allylic oxidation sites excluding steroid dienone is 20. The van der Waals surface area contributed by atoms with E-state index in [4.69, 9.17) is 14.2 Å². The zero-order chi connectivity index (χ0) is 59.9. The van der Waals surface area contributed by atoms with Gasteiger partial charge in [0.15, 0.2) is 6.10 Å². The number of hydrogen-bond acceptors (Lipinski definition) is 6. The molecule has 83 heavy (non-hydrogen) atoms. The summed E-state index contributed by atoms with van der Waals surface area (Å²) in [6, 6.07) is 0. The monoisotopic (exact) mass is 1150 g/mol. The SMILES string of the molecule is CC/C=C\C/C=C\C/C=C\C/C=C\C/C=C\C/C=C\CCCCCCC(=O)OCC(COC(=O)CCCCCCCCCCCCCCCCCCCCC)OC(=O)CCCCCCCCCCCC/C=C\C/C=C\C/C=C\C/C=C\CC. The molecule has 0 aromatic heterocycles. The molecule has 0 saturated heterocycles. The maximum Gasteiger partial charge on any atom is 0.306 e. The molecule has 0 rings (SSSR count). The molecule has 0 aliphatic rings. The van der Waals surface area contributed by atoms with Crippen LogP contribution >= 0.6 is 0 Å². The first kappa shape index (κ1) is 78.8. The fraction of sp³-hybridized carbons (Fsp3) is 0.701. The van der Waals surface area contributed by atoms with Crippen molar-refractivity contribution < 1.29 is 28.6 Å². The van der Waals surface area contributed by atoms with E-state index in [2.05, 4.69) is 142 Å². The summed E-state index contributed by atoms with van der Waals surface area (Å²) in [5.41, 5.74) is 0. The van der Waals surface area contributed by atoms with Gasteiger partial charge in [0.2, 0.25) is 0 Å². The molecule has 0 amide bonds. The Morgan fingerprint density at radius 2 is 0.470 bits per heavy atom. The van der Waals surface area contributed by atoms with Crippen molar-refractivity contribution in [2.24, 2.45) is 0 Å². The molecule has 0 aromatic rings. The molecule has 0 aromatic carbocycles. The van der Waals surface area contributed by atoms with E-state index in [0.29, 0.717) is 19.3 Å². The van der Waals surface area contributed by atoms with Crippen LogP contribution in [0.2, 0.25) is 0 Å². The van der Waals surface area contributed by atoms with E-state index in [1.54, 1.807) is 0 Å². The van der Waals surface area contributed by atoms with Crippen LogP contribution in [0.25, 0.3) is 0 Å². The highest BCUT2D eigenvalue weighted by Crippen LogP contribution is 2.17. The summed E-state index contributed by atoms with van der Waals surface area (Å²) in [6.45, 7) is 6.43. The minimum Gasteiger partial charge on any atom is -0.462 e. The van der Waals surface area contributed by atoms with Gasteiger partial charge in [0.1, 0.15) is 13.2 Å². The third-order valence-corrected chi connectivity index (χ3v) is 15.0. The molecule has 0 heterocycles. The minimum atomic E-state index is -0.796. The number of ether oxygens (including phenoxy) is 3. The fourth-order valence-electron chi connectivity index (χ4n) is 9.79. The number of carbonyl (C=O) groups is 3. The Morgan fingerprint density at radius 1 is 0.253 bits per heavy atom. The second-order valence-corrected chi connectivity index (χ2v) is 23.0. The molecular weight excluding hydrogens is 1020 g/mol. The average molecular weight is 1150 g/mol. The van der Waals surface area contributed by atoms with Gasteiger partial charge in [-0.05, 0) is 109 Å². The van der Waals surface area contributed by atoms with Crippen molar-refractivity contribution in [3.63, 3.8) is 0 Å². The summed E-state index contributed by atoms with van der Waals surface area (Å²) in [5, 5.41) is 0. The third-order valence-electron chi connectivity index (χ3n) is 15.0. The first-order valence-corrected chi connectivity index (χ1v) is 35.0. The van der Waals surface area contributed by atoms with Crippen LogP contribution in [0.15, 0.2) is 122 Å². The molecule has 0 spiro atoms. The zero-order valence-electron chi connectivity index (χ0n) is 54.4. The maximum absolute atomic E-state index is 13.0. The largest absolute Gasteiger partial charge is 0.462 e. The van der Waals surface area contributed by atoms with E-state index >= 15 is 0 Å². The van der Waals surface area contributed by atoms with Crippen molar-refractivity contribution in [1.82, 2.24) is 0 Å². The van der Waals surface area contributed by atoms with Gasteiger partial charge in [-0.25, -0.2) is 0 Å². The third kappa shape index (κ3) is 68.5. The fourth-order valence-corrected chi connectivity index (χ4v) is 9.79. The molecule has 0 bridgehead atoms. The summed E-state index contributed by atoms with van der Waals surface area (Å²) in [7, 11) is 0. The van der Waals surface area contributed by atoms with E-state index in [-0.39, 0.29) is 31.1 Å². The van der Waals surface area contributed by atoms with Gasteiger partial charge in [-0.15, -0.1) is 0 Å². The minimum absolute atomic E-state index is 0.0873. The molecule has 6 heteroatoms. The molecule has 474 valence electrons. The van der Waals surface area contributed by atoms with Crippen LogP contribution in [0.3, 0.4) is 0 Å². The Kier molecular flexibility index (Phi) is 66.7. The Bertz CT molecular complexity index is 1700. The number of carbonyl (C=O) groups excluding carboxylic acids is 3. The van der Waals surface area contributed by atoms with Gasteiger partial charge in [0.05, 0.1) is 0 Å². The van der Waals surface area contributed by atoms with E-state index in [1.165, 1.54) is 154 Å². The molecule has 1 unspecified atom stereocenters. The average Bonchev–Trinajstić information content (AvgIpc) is 3.49. The van der Waals surface area contributed by atoms with Gasteiger partial charge in [0.25, 0.3) is 0 Å². The van der Waals surface area contributed by atoms with Crippen LogP contribution in [-0.4, -0.2) is 37.2 Å². The summed E-state index contributed by atoms with van der Waals surface area (Å²) in [6.07, 6.45) is 97.8. The smallest absolute Gasteiger partial charge is 0.306 e. The van der Waals surface area contributed by atoms with E-state index in [9.17, 15) is 14.4 Å². The van der Waals surface area contributed by atoms with Crippen LogP contribution in [0.4, 0.5) is 0 Å². The first-order valence-electron chi connectivity index (χ1n) is 35.0. The molecule has 0 fully saturated rings. The number of hydrogen-bond donors (Lipinski definition) is 0. The summed E-state index contributed by atoms with van der Waals surface area (Å²) in [4.78, 5) is 38.5. The maximum atomic E-state index is 13.0. The zero-order valence-corrected chi connectivity index (χ0v) is 54.4. The van der Waals surface area contributed by atoms with Crippen molar-refractivity contribution in [2.45, 2.75) is 335 Å².